The molecular weight excluding hydrogens is 182 g/mol. The summed E-state index contributed by atoms with van der Waals surface area (Å²) < 4.78 is 0.274. The summed E-state index contributed by atoms with van der Waals surface area (Å²) in [6, 6.07) is 0. The van der Waals surface area contributed by atoms with Gasteiger partial charge in [0.25, 0.3) is 0 Å². The SMILES string of the molecule is CCCCCCCOOO[N+](C)(C)C. The van der Waals surface area contributed by atoms with Crippen molar-refractivity contribution in [3.63, 3.8) is 0 Å². The van der Waals surface area contributed by atoms with E-state index in [1.807, 2.05) is 21.1 Å². The zero-order valence-corrected chi connectivity index (χ0v) is 9.91. The minimum atomic E-state index is 0.274. The van der Waals surface area contributed by atoms with Gasteiger partial charge in [-0.05, 0) is 16.4 Å². The lowest BCUT2D eigenvalue weighted by Gasteiger charge is -2.16. The molecule has 0 saturated heterocycles. The van der Waals surface area contributed by atoms with E-state index in [0.29, 0.717) is 6.61 Å². The minimum Gasteiger partial charge on any atom is -0.202 e. The molecule has 0 aliphatic carbocycles. The average Bonchev–Trinajstić information content (AvgIpc) is 2.08. The van der Waals surface area contributed by atoms with Gasteiger partial charge in [-0.25, -0.2) is 4.89 Å². The second kappa shape index (κ2) is 8.17. The van der Waals surface area contributed by atoms with Crippen LogP contribution in [0.4, 0.5) is 0 Å². The fourth-order valence-corrected chi connectivity index (χ4v) is 0.911. The number of hydrogen-bond donors (Lipinski definition) is 0. The van der Waals surface area contributed by atoms with Crippen LogP contribution in [-0.4, -0.2) is 32.4 Å². The van der Waals surface area contributed by atoms with E-state index < -0.39 is 0 Å². The maximum absolute atomic E-state index is 4.87. The van der Waals surface area contributed by atoms with Crippen molar-refractivity contribution in [2.45, 2.75) is 39.0 Å². The molecular formula is C10H24NO3+. The van der Waals surface area contributed by atoms with E-state index in [1.165, 1.54) is 25.7 Å². The summed E-state index contributed by atoms with van der Waals surface area (Å²) >= 11 is 0. The lowest BCUT2D eigenvalue weighted by Crippen LogP contribution is -2.34. The molecule has 0 amide bonds. The maximum atomic E-state index is 4.87. The Morgan fingerprint density at radius 2 is 1.57 bits per heavy atom. The predicted molar refractivity (Wildman–Crippen MR) is 54.9 cm³/mol. The van der Waals surface area contributed by atoms with Crippen molar-refractivity contribution in [1.29, 1.82) is 0 Å². The van der Waals surface area contributed by atoms with Crippen molar-refractivity contribution >= 4 is 0 Å². The van der Waals surface area contributed by atoms with E-state index in [-0.39, 0.29) is 4.65 Å². The van der Waals surface area contributed by atoms with E-state index in [2.05, 4.69) is 12.0 Å². The van der Waals surface area contributed by atoms with Gasteiger partial charge in [0.05, 0.1) is 6.61 Å². The lowest BCUT2D eigenvalue weighted by atomic mass is 10.2. The normalized spacial score (nSPS) is 12.0. The van der Waals surface area contributed by atoms with E-state index in [4.69, 9.17) is 9.88 Å². The molecule has 0 N–H and O–H groups in total. The first-order chi connectivity index (χ1) is 6.56. The number of quaternary nitrogens is 1. The molecule has 4 heteroatoms. The number of nitrogens with zero attached hydrogens (tertiary/aromatic N) is 1. The van der Waals surface area contributed by atoms with Gasteiger partial charge in [-0.15, -0.1) is 0 Å². The summed E-state index contributed by atoms with van der Waals surface area (Å²) in [5.74, 6) is 0. The molecule has 0 aliphatic heterocycles. The Morgan fingerprint density at radius 3 is 2.14 bits per heavy atom. The van der Waals surface area contributed by atoms with Crippen LogP contribution in [-0.2, 0) is 14.9 Å². The highest BCUT2D eigenvalue weighted by atomic mass is 17.6. The highest BCUT2D eigenvalue weighted by Crippen LogP contribution is 2.03. The second-order valence-corrected chi connectivity index (χ2v) is 4.27. The van der Waals surface area contributed by atoms with Crippen LogP contribution in [0.3, 0.4) is 0 Å². The van der Waals surface area contributed by atoms with E-state index >= 15 is 0 Å². The van der Waals surface area contributed by atoms with Crippen molar-refractivity contribution in [2.24, 2.45) is 0 Å². The highest BCUT2D eigenvalue weighted by molar-refractivity contribution is 4.39. The molecule has 0 radical (unpaired) electrons. The molecule has 0 bridgehead atoms. The zero-order valence-electron chi connectivity index (χ0n) is 9.91. The number of hydroxylamine groups is 3. The third kappa shape index (κ3) is 11.8. The summed E-state index contributed by atoms with van der Waals surface area (Å²) in [5, 5.41) is 4.58. The Labute approximate surface area is 87.1 Å². The standard InChI is InChI=1S/C10H24NO3/c1-5-6-7-8-9-10-12-14-13-11(2,3)4/h5-10H2,1-4H3/q+1. The van der Waals surface area contributed by atoms with Gasteiger partial charge in [-0.1, -0.05) is 32.6 Å². The number of unbranched alkanes of at least 4 members (excludes halogenated alkanes) is 4. The Bertz CT molecular complexity index is 123. The summed E-state index contributed by atoms with van der Waals surface area (Å²) in [5.41, 5.74) is 0. The monoisotopic (exact) mass is 206 g/mol. The number of hydrogen-bond acceptors (Lipinski definition) is 3. The number of rotatable bonds is 9. The smallest absolute Gasteiger partial charge is 0.101 e. The van der Waals surface area contributed by atoms with E-state index in [1.54, 1.807) is 0 Å². The van der Waals surface area contributed by atoms with Crippen LogP contribution < -0.4 is 0 Å². The topological polar surface area (TPSA) is 27.7 Å². The Hall–Kier alpha value is -0.160. The molecule has 0 aromatic rings. The van der Waals surface area contributed by atoms with Crippen LogP contribution in [0, 0.1) is 0 Å². The zero-order chi connectivity index (χ0) is 10.9. The van der Waals surface area contributed by atoms with Crippen molar-refractivity contribution in [1.82, 2.24) is 0 Å². The van der Waals surface area contributed by atoms with Crippen LogP contribution in [0.1, 0.15) is 39.0 Å². The molecule has 0 aliphatic rings. The van der Waals surface area contributed by atoms with Gasteiger partial charge in [-0.2, -0.15) is 4.65 Å². The van der Waals surface area contributed by atoms with Gasteiger partial charge >= 0.3 is 0 Å². The average molecular weight is 206 g/mol. The summed E-state index contributed by atoms with van der Waals surface area (Å²) in [7, 11) is 5.56. The maximum Gasteiger partial charge on any atom is 0.101 e. The third-order valence-corrected chi connectivity index (χ3v) is 1.63. The van der Waals surface area contributed by atoms with Gasteiger partial charge in [0.2, 0.25) is 0 Å². The minimum absolute atomic E-state index is 0.274. The fourth-order valence-electron chi connectivity index (χ4n) is 0.911. The molecule has 0 saturated carbocycles. The van der Waals surface area contributed by atoms with Crippen LogP contribution in [0.25, 0.3) is 0 Å². The summed E-state index contributed by atoms with van der Waals surface area (Å²) in [6.07, 6.45) is 6.07. The van der Waals surface area contributed by atoms with Crippen LogP contribution in [0.15, 0.2) is 0 Å². The van der Waals surface area contributed by atoms with Crippen molar-refractivity contribution < 1.29 is 19.6 Å². The molecule has 0 fully saturated rings. The molecule has 0 aromatic heterocycles. The van der Waals surface area contributed by atoms with E-state index in [0.717, 1.165) is 6.42 Å². The summed E-state index contributed by atoms with van der Waals surface area (Å²) in [6.45, 7) is 2.80. The van der Waals surface area contributed by atoms with Gasteiger partial charge < -0.3 is 0 Å². The predicted octanol–water partition coefficient (Wildman–Crippen LogP) is 2.46. The Morgan fingerprint density at radius 1 is 0.929 bits per heavy atom. The molecule has 86 valence electrons. The largest absolute Gasteiger partial charge is 0.202 e. The fraction of sp³-hybridized carbons (Fsp3) is 1.00. The van der Waals surface area contributed by atoms with E-state index in [9.17, 15) is 0 Å². The molecule has 0 heterocycles. The van der Waals surface area contributed by atoms with Crippen molar-refractivity contribution in [3.05, 3.63) is 0 Å². The van der Waals surface area contributed by atoms with Crippen LogP contribution in [0.2, 0.25) is 0 Å². The summed E-state index contributed by atoms with van der Waals surface area (Å²) in [4.78, 5) is 9.72. The molecule has 14 heavy (non-hydrogen) atoms. The Balaban J connectivity index is 2.99. The molecule has 4 nitrogen and oxygen atoms in total. The molecule has 0 rings (SSSR count). The first-order valence-corrected chi connectivity index (χ1v) is 5.35. The molecule has 0 spiro atoms. The highest BCUT2D eigenvalue weighted by Gasteiger charge is 2.09. The van der Waals surface area contributed by atoms with Crippen LogP contribution in [0.5, 0.6) is 0 Å². The first kappa shape index (κ1) is 13.8. The van der Waals surface area contributed by atoms with Crippen LogP contribution >= 0.6 is 0 Å². The molecule has 0 aromatic carbocycles. The van der Waals surface area contributed by atoms with Gasteiger partial charge in [0, 0.05) is 0 Å². The van der Waals surface area contributed by atoms with Gasteiger partial charge in [0.1, 0.15) is 21.1 Å². The molecule has 0 atom stereocenters. The third-order valence-electron chi connectivity index (χ3n) is 1.63. The quantitative estimate of drug-likeness (QED) is 0.251. The molecule has 0 unspecified atom stereocenters. The Kier molecular flexibility index (Phi) is 8.08. The lowest BCUT2D eigenvalue weighted by molar-refractivity contribution is -1.13. The van der Waals surface area contributed by atoms with Crippen molar-refractivity contribution in [3.8, 4) is 0 Å². The second-order valence-electron chi connectivity index (χ2n) is 4.27. The first-order valence-electron chi connectivity index (χ1n) is 5.35. The van der Waals surface area contributed by atoms with Crippen molar-refractivity contribution in [2.75, 3.05) is 27.7 Å². The van der Waals surface area contributed by atoms with Gasteiger partial charge in [-0.3, -0.25) is 0 Å². The van der Waals surface area contributed by atoms with Gasteiger partial charge in [0.15, 0.2) is 0 Å².